The molecule has 3 amide bonds. The van der Waals surface area contributed by atoms with Crippen LogP contribution in [0.25, 0.3) is 0 Å². The number of rotatable bonds is 8. The lowest BCUT2D eigenvalue weighted by atomic mass is 9.91. The van der Waals surface area contributed by atoms with Gasteiger partial charge in [0, 0.05) is 50.0 Å². The second-order valence-corrected chi connectivity index (χ2v) is 18.0. The van der Waals surface area contributed by atoms with Crippen molar-refractivity contribution >= 4 is 31.8 Å². The van der Waals surface area contributed by atoms with Crippen molar-refractivity contribution in [2.45, 2.75) is 63.4 Å². The Morgan fingerprint density at radius 2 is 1.47 bits per heavy atom. The summed E-state index contributed by atoms with van der Waals surface area (Å²) in [6.07, 6.45) is -10.1. The Hall–Kier alpha value is -4.02. The molecule has 0 aliphatic carbocycles. The molecule has 266 valence electrons. The van der Waals surface area contributed by atoms with Crippen molar-refractivity contribution in [1.82, 2.24) is 14.8 Å². The number of piperazine rings is 1. The standard InChI is InChI=1S/C33H38F7N5O3Si/c1-30(2,3)49(4,5)48-31(32(35,36)37,33(38,39)40)24-12-9-22(10-13-24)21-44-16-18-45(19-17-44)28(46)23-11-14-26(25(34)20-23)42-29(47)43-27-8-6-7-15-41-27/h6-15,20H,16-19,21H2,1-5H3,(H2,41,42,43,47). The summed E-state index contributed by atoms with van der Waals surface area (Å²) in [5.74, 6) is -0.997. The molecule has 1 saturated heterocycles. The molecule has 16 heteroatoms. The van der Waals surface area contributed by atoms with Crippen LogP contribution in [0.1, 0.15) is 42.3 Å². The average molecular weight is 714 g/mol. The Bertz CT molecular complexity index is 1610. The van der Waals surface area contributed by atoms with E-state index in [4.69, 9.17) is 4.43 Å². The molecule has 0 unspecified atom stereocenters. The highest BCUT2D eigenvalue weighted by molar-refractivity contribution is 6.74. The smallest absolute Gasteiger partial charge is 0.393 e. The van der Waals surface area contributed by atoms with Gasteiger partial charge in [-0.05, 0) is 54.0 Å². The van der Waals surface area contributed by atoms with E-state index in [9.17, 15) is 40.3 Å². The molecule has 0 radical (unpaired) electrons. The number of aromatic nitrogens is 1. The highest BCUT2D eigenvalue weighted by Gasteiger charge is 2.75. The Morgan fingerprint density at radius 1 is 0.857 bits per heavy atom. The van der Waals surface area contributed by atoms with Crippen LogP contribution in [-0.2, 0) is 16.6 Å². The Morgan fingerprint density at radius 3 is 1.98 bits per heavy atom. The van der Waals surface area contributed by atoms with E-state index >= 15 is 0 Å². The number of hydrogen-bond donors (Lipinski definition) is 2. The summed E-state index contributed by atoms with van der Waals surface area (Å²) in [5, 5.41) is 3.90. The van der Waals surface area contributed by atoms with Crippen LogP contribution in [0.4, 0.5) is 47.0 Å². The molecule has 1 aliphatic rings. The van der Waals surface area contributed by atoms with Crippen LogP contribution < -0.4 is 10.6 Å². The summed E-state index contributed by atoms with van der Waals surface area (Å²) in [6.45, 7) is 8.78. The molecule has 0 spiro atoms. The minimum atomic E-state index is -5.78. The maximum atomic E-state index is 14.8. The molecule has 3 aromatic rings. The molecule has 2 N–H and O–H groups in total. The second-order valence-electron chi connectivity index (χ2n) is 13.3. The molecular formula is C33H38F7N5O3Si. The van der Waals surface area contributed by atoms with Crippen LogP contribution in [0.2, 0.25) is 18.1 Å². The molecule has 4 rings (SSSR count). The van der Waals surface area contributed by atoms with Crippen LogP contribution in [0.15, 0.2) is 66.9 Å². The van der Waals surface area contributed by atoms with Crippen molar-refractivity contribution in [2.75, 3.05) is 36.8 Å². The number of carbonyl (C=O) groups is 2. The van der Waals surface area contributed by atoms with E-state index in [2.05, 4.69) is 15.6 Å². The van der Waals surface area contributed by atoms with Crippen LogP contribution in [-0.4, -0.2) is 73.6 Å². The lowest BCUT2D eigenvalue weighted by Gasteiger charge is -2.46. The molecular weight excluding hydrogens is 675 g/mol. The van der Waals surface area contributed by atoms with E-state index in [1.807, 2.05) is 4.90 Å². The van der Waals surface area contributed by atoms with E-state index in [1.54, 1.807) is 39.0 Å². The van der Waals surface area contributed by atoms with Gasteiger partial charge in [-0.3, -0.25) is 15.0 Å². The molecule has 1 aliphatic heterocycles. The van der Waals surface area contributed by atoms with Crippen molar-refractivity contribution in [3.05, 3.63) is 89.4 Å². The maximum Gasteiger partial charge on any atom is 0.429 e. The van der Waals surface area contributed by atoms with Gasteiger partial charge in [-0.25, -0.2) is 14.2 Å². The van der Waals surface area contributed by atoms with Crippen LogP contribution in [0.3, 0.4) is 0 Å². The molecule has 2 aromatic carbocycles. The fourth-order valence-corrected chi connectivity index (χ4v) is 6.47. The number of urea groups is 1. The topological polar surface area (TPSA) is 86.8 Å². The van der Waals surface area contributed by atoms with E-state index in [-0.39, 0.29) is 36.7 Å². The highest BCUT2D eigenvalue weighted by Crippen LogP contribution is 2.56. The summed E-state index contributed by atoms with van der Waals surface area (Å²) in [6, 6.07) is 11.9. The van der Waals surface area contributed by atoms with Gasteiger partial charge in [0.1, 0.15) is 11.6 Å². The SMILES string of the molecule is CC(C)(C)[Si](C)(C)OC(c1ccc(CN2CCN(C(=O)c3ccc(NC(=O)Nc4ccccn4)c(F)c3)CC2)cc1)(C(F)(F)F)C(F)(F)F. The summed E-state index contributed by atoms with van der Waals surface area (Å²) >= 11 is 0. The minimum Gasteiger partial charge on any atom is -0.393 e. The Kier molecular flexibility index (Phi) is 10.9. The number of pyridine rings is 1. The summed E-state index contributed by atoms with van der Waals surface area (Å²) in [5.41, 5.74) is -5.14. The number of benzene rings is 2. The molecule has 49 heavy (non-hydrogen) atoms. The molecule has 0 saturated carbocycles. The van der Waals surface area contributed by atoms with Gasteiger partial charge in [-0.1, -0.05) is 51.1 Å². The predicted molar refractivity (Wildman–Crippen MR) is 173 cm³/mol. The van der Waals surface area contributed by atoms with Gasteiger partial charge < -0.3 is 14.6 Å². The normalized spacial score (nSPS) is 15.2. The lowest BCUT2D eigenvalue weighted by molar-refractivity contribution is -0.369. The third kappa shape index (κ3) is 8.41. The Labute approximate surface area is 280 Å². The highest BCUT2D eigenvalue weighted by atomic mass is 28.4. The monoisotopic (exact) mass is 713 g/mol. The van der Waals surface area contributed by atoms with Crippen molar-refractivity contribution in [2.24, 2.45) is 0 Å². The van der Waals surface area contributed by atoms with Crippen LogP contribution in [0.5, 0.6) is 0 Å². The van der Waals surface area contributed by atoms with E-state index < -0.39 is 54.6 Å². The van der Waals surface area contributed by atoms with Crippen LogP contribution >= 0.6 is 0 Å². The summed E-state index contributed by atoms with van der Waals surface area (Å²) < 4.78 is 107. The summed E-state index contributed by atoms with van der Waals surface area (Å²) in [7, 11) is -3.58. The first kappa shape index (κ1) is 37.8. The molecule has 1 fully saturated rings. The second kappa shape index (κ2) is 14.1. The fraction of sp³-hybridized carbons (Fsp3) is 0.424. The number of anilines is 2. The number of alkyl halides is 6. The van der Waals surface area contributed by atoms with Crippen molar-refractivity contribution in [3.63, 3.8) is 0 Å². The predicted octanol–water partition coefficient (Wildman–Crippen LogP) is 8.16. The van der Waals surface area contributed by atoms with Gasteiger partial charge in [0.25, 0.3) is 11.5 Å². The first-order valence-electron chi connectivity index (χ1n) is 15.4. The van der Waals surface area contributed by atoms with E-state index in [0.29, 0.717) is 18.7 Å². The number of hydrogen-bond acceptors (Lipinski definition) is 5. The maximum absolute atomic E-state index is 14.8. The minimum absolute atomic E-state index is 0.0648. The van der Waals surface area contributed by atoms with Crippen molar-refractivity contribution in [1.29, 1.82) is 0 Å². The number of nitrogens with zero attached hydrogens (tertiary/aromatic N) is 3. The number of nitrogens with one attached hydrogen (secondary N) is 2. The van der Waals surface area contributed by atoms with E-state index in [0.717, 1.165) is 18.2 Å². The van der Waals surface area contributed by atoms with Gasteiger partial charge in [-0.15, -0.1) is 0 Å². The molecule has 0 bridgehead atoms. The van der Waals surface area contributed by atoms with Gasteiger partial charge in [0.05, 0.1) is 5.69 Å². The average Bonchev–Trinajstić information content (AvgIpc) is 3.00. The third-order valence-corrected chi connectivity index (χ3v) is 13.2. The molecule has 0 atom stereocenters. The lowest BCUT2D eigenvalue weighted by Crippen LogP contribution is -2.62. The summed E-state index contributed by atoms with van der Waals surface area (Å²) in [4.78, 5) is 32.6. The van der Waals surface area contributed by atoms with Crippen LogP contribution in [0, 0.1) is 5.82 Å². The van der Waals surface area contributed by atoms with Gasteiger partial charge in [0.15, 0.2) is 8.32 Å². The Balaban J connectivity index is 1.39. The quantitative estimate of drug-likeness (QED) is 0.182. The zero-order valence-corrected chi connectivity index (χ0v) is 28.6. The third-order valence-electron chi connectivity index (χ3n) is 8.81. The van der Waals surface area contributed by atoms with Gasteiger partial charge >= 0.3 is 18.4 Å². The van der Waals surface area contributed by atoms with Gasteiger partial charge in [0.2, 0.25) is 0 Å². The fourth-order valence-electron chi connectivity index (χ4n) is 5.05. The molecule has 1 aromatic heterocycles. The molecule has 2 heterocycles. The number of carbonyl (C=O) groups excluding carboxylic acids is 2. The van der Waals surface area contributed by atoms with Crippen molar-refractivity contribution in [3.8, 4) is 0 Å². The first-order valence-corrected chi connectivity index (χ1v) is 18.3. The number of amides is 3. The zero-order chi connectivity index (χ0) is 36.4. The van der Waals surface area contributed by atoms with Gasteiger partial charge in [-0.2, -0.15) is 26.3 Å². The zero-order valence-electron chi connectivity index (χ0n) is 27.6. The largest absolute Gasteiger partial charge is 0.429 e. The van der Waals surface area contributed by atoms with Crippen molar-refractivity contribution < 1.29 is 44.7 Å². The first-order chi connectivity index (χ1) is 22.6. The molecule has 8 nitrogen and oxygen atoms in total. The number of halogens is 7. The van der Waals surface area contributed by atoms with E-state index in [1.165, 1.54) is 48.5 Å².